The van der Waals surface area contributed by atoms with Crippen LogP contribution in [-0.4, -0.2) is 28.5 Å². The highest BCUT2D eigenvalue weighted by Gasteiger charge is 2.23. The standard InChI is InChI=1S/C21H16ClN3O4/c1-2-29-21(28)20(27)25-18-15(11-6-4-3-5-7-11)17-16(24-19(18)26)13-10-12(22)8-9-14(13)23-17/h3-10,23H,2H2,1H3,(H,24,26)(H,25,27). The average molecular weight is 410 g/mol. The number of ether oxygens (including phenoxy) is 1. The molecule has 2 aromatic heterocycles. The molecule has 4 aromatic rings. The van der Waals surface area contributed by atoms with Crippen molar-refractivity contribution in [2.24, 2.45) is 0 Å². The van der Waals surface area contributed by atoms with Crippen molar-refractivity contribution in [3.8, 4) is 11.1 Å². The lowest BCUT2D eigenvalue weighted by atomic mass is 10.0. The molecule has 0 unspecified atom stereocenters. The first-order chi connectivity index (χ1) is 14.0. The van der Waals surface area contributed by atoms with Crippen molar-refractivity contribution in [3.63, 3.8) is 0 Å². The fraction of sp³-hybridized carbons (Fsp3) is 0.0952. The van der Waals surface area contributed by atoms with Gasteiger partial charge in [-0.2, -0.15) is 0 Å². The Kier molecular flexibility index (Phi) is 4.82. The van der Waals surface area contributed by atoms with Crippen LogP contribution in [0.15, 0.2) is 53.3 Å². The van der Waals surface area contributed by atoms with Gasteiger partial charge in [0.25, 0.3) is 5.56 Å². The number of halogens is 1. The summed E-state index contributed by atoms with van der Waals surface area (Å²) in [4.78, 5) is 43.0. The van der Waals surface area contributed by atoms with Gasteiger partial charge in [-0.1, -0.05) is 41.9 Å². The molecule has 2 aromatic carbocycles. The van der Waals surface area contributed by atoms with Crippen LogP contribution >= 0.6 is 11.6 Å². The lowest BCUT2D eigenvalue weighted by molar-refractivity contribution is -0.152. The van der Waals surface area contributed by atoms with Gasteiger partial charge < -0.3 is 20.0 Å². The van der Waals surface area contributed by atoms with E-state index in [1.165, 1.54) is 0 Å². The number of amides is 1. The van der Waals surface area contributed by atoms with Crippen molar-refractivity contribution >= 4 is 51.1 Å². The van der Waals surface area contributed by atoms with Crippen LogP contribution in [0, 0.1) is 0 Å². The number of fused-ring (bicyclic) bond motifs is 3. The summed E-state index contributed by atoms with van der Waals surface area (Å²) in [6.45, 7) is 1.64. The lowest BCUT2D eigenvalue weighted by Gasteiger charge is -2.11. The molecule has 2 heterocycles. The van der Waals surface area contributed by atoms with Crippen molar-refractivity contribution in [2.75, 3.05) is 11.9 Å². The zero-order valence-electron chi connectivity index (χ0n) is 15.3. The predicted octanol–water partition coefficient (Wildman–Crippen LogP) is 3.83. The SMILES string of the molecule is CCOC(=O)C(=O)Nc1c(-c2ccccc2)c2[nH]c3ccc(Cl)cc3c2[nH]c1=O. The second kappa shape index (κ2) is 7.44. The Hall–Kier alpha value is -3.58. The topological polar surface area (TPSA) is 104 Å². The van der Waals surface area contributed by atoms with Crippen molar-refractivity contribution in [1.82, 2.24) is 9.97 Å². The third-order valence-corrected chi connectivity index (χ3v) is 4.72. The van der Waals surface area contributed by atoms with Crippen LogP contribution in [0.2, 0.25) is 5.02 Å². The second-order valence-corrected chi connectivity index (χ2v) is 6.75. The Labute approximate surface area is 169 Å². The van der Waals surface area contributed by atoms with Crippen LogP contribution in [0.1, 0.15) is 6.92 Å². The molecule has 0 aliphatic rings. The number of esters is 1. The number of aromatic nitrogens is 2. The number of carbonyl (C=O) groups excluding carboxylic acids is 2. The van der Waals surface area contributed by atoms with E-state index < -0.39 is 17.4 Å². The van der Waals surface area contributed by atoms with Crippen molar-refractivity contribution in [1.29, 1.82) is 0 Å². The summed E-state index contributed by atoms with van der Waals surface area (Å²) in [5, 5.41) is 3.68. The van der Waals surface area contributed by atoms with E-state index in [0.717, 1.165) is 10.9 Å². The molecule has 0 atom stereocenters. The van der Waals surface area contributed by atoms with Crippen LogP contribution in [0.5, 0.6) is 0 Å². The third kappa shape index (κ3) is 3.36. The van der Waals surface area contributed by atoms with Crippen molar-refractivity contribution in [3.05, 3.63) is 63.9 Å². The highest BCUT2D eigenvalue weighted by molar-refractivity contribution is 6.38. The molecule has 7 nitrogen and oxygen atoms in total. The summed E-state index contributed by atoms with van der Waals surface area (Å²) < 4.78 is 4.72. The largest absolute Gasteiger partial charge is 0.459 e. The molecule has 0 saturated heterocycles. The number of pyridine rings is 1. The number of hydrogen-bond donors (Lipinski definition) is 3. The minimum absolute atomic E-state index is 0.0422. The molecule has 0 fully saturated rings. The number of rotatable bonds is 3. The van der Waals surface area contributed by atoms with Gasteiger partial charge >= 0.3 is 11.9 Å². The number of nitrogens with one attached hydrogen (secondary N) is 3. The number of benzene rings is 2. The van der Waals surface area contributed by atoms with E-state index in [0.29, 0.717) is 27.2 Å². The average Bonchev–Trinajstić information content (AvgIpc) is 3.06. The zero-order valence-corrected chi connectivity index (χ0v) is 16.1. The first-order valence-electron chi connectivity index (χ1n) is 8.90. The van der Waals surface area contributed by atoms with Gasteiger partial charge in [-0.3, -0.25) is 9.59 Å². The maximum absolute atomic E-state index is 12.9. The van der Waals surface area contributed by atoms with Crippen molar-refractivity contribution in [2.45, 2.75) is 6.92 Å². The van der Waals surface area contributed by atoms with E-state index >= 15 is 0 Å². The van der Waals surface area contributed by atoms with Crippen LogP contribution in [0.4, 0.5) is 5.69 Å². The molecule has 8 heteroatoms. The maximum Gasteiger partial charge on any atom is 0.397 e. The van der Waals surface area contributed by atoms with Gasteiger partial charge in [-0.25, -0.2) is 4.79 Å². The van der Waals surface area contributed by atoms with E-state index in [-0.39, 0.29) is 12.3 Å². The number of H-pyrrole nitrogens is 2. The summed E-state index contributed by atoms with van der Waals surface area (Å²) in [6.07, 6.45) is 0. The number of carbonyl (C=O) groups is 2. The Morgan fingerprint density at radius 1 is 1.07 bits per heavy atom. The molecule has 146 valence electrons. The summed E-state index contributed by atoms with van der Waals surface area (Å²) in [6, 6.07) is 14.4. The Morgan fingerprint density at radius 2 is 1.83 bits per heavy atom. The van der Waals surface area contributed by atoms with E-state index in [1.54, 1.807) is 19.1 Å². The van der Waals surface area contributed by atoms with E-state index in [4.69, 9.17) is 16.3 Å². The predicted molar refractivity (Wildman–Crippen MR) is 112 cm³/mol. The fourth-order valence-corrected chi connectivity index (χ4v) is 3.44. The molecule has 1 amide bonds. The molecule has 0 saturated carbocycles. The Bertz CT molecular complexity index is 1310. The Balaban J connectivity index is 2.01. The highest BCUT2D eigenvalue weighted by atomic mass is 35.5. The maximum atomic E-state index is 12.9. The van der Waals surface area contributed by atoms with Crippen molar-refractivity contribution < 1.29 is 14.3 Å². The zero-order chi connectivity index (χ0) is 20.5. The minimum atomic E-state index is -1.06. The number of aromatic amines is 2. The first-order valence-corrected chi connectivity index (χ1v) is 9.28. The van der Waals surface area contributed by atoms with Gasteiger partial charge in [0.05, 0.1) is 17.6 Å². The third-order valence-electron chi connectivity index (χ3n) is 4.49. The van der Waals surface area contributed by atoms with Crippen LogP contribution < -0.4 is 10.9 Å². The van der Waals surface area contributed by atoms with Gasteiger partial charge in [0.2, 0.25) is 0 Å². The summed E-state index contributed by atoms with van der Waals surface area (Å²) in [7, 11) is 0. The van der Waals surface area contributed by atoms with Gasteiger partial charge in [0.15, 0.2) is 0 Å². The number of anilines is 1. The molecule has 4 rings (SSSR count). The molecular weight excluding hydrogens is 394 g/mol. The molecule has 0 radical (unpaired) electrons. The molecule has 0 bridgehead atoms. The van der Waals surface area contributed by atoms with Gasteiger partial charge in [-0.05, 0) is 30.7 Å². The van der Waals surface area contributed by atoms with E-state index in [2.05, 4.69) is 15.3 Å². The quantitative estimate of drug-likeness (QED) is 0.353. The normalized spacial score (nSPS) is 11.0. The summed E-state index contributed by atoms with van der Waals surface area (Å²) >= 11 is 6.12. The van der Waals surface area contributed by atoms with Gasteiger partial charge in [-0.15, -0.1) is 0 Å². The van der Waals surface area contributed by atoms with Crippen LogP contribution in [0.3, 0.4) is 0 Å². The van der Waals surface area contributed by atoms with Gasteiger partial charge in [0, 0.05) is 21.5 Å². The first kappa shape index (κ1) is 18.8. The molecule has 0 aliphatic heterocycles. The Morgan fingerprint density at radius 3 is 2.55 bits per heavy atom. The van der Waals surface area contributed by atoms with Crippen LogP contribution in [-0.2, 0) is 14.3 Å². The van der Waals surface area contributed by atoms with E-state index in [9.17, 15) is 14.4 Å². The second-order valence-electron chi connectivity index (χ2n) is 6.31. The lowest BCUT2D eigenvalue weighted by Crippen LogP contribution is -2.28. The molecule has 0 aliphatic carbocycles. The molecular formula is C21H16ClN3O4. The van der Waals surface area contributed by atoms with Gasteiger partial charge in [0.1, 0.15) is 5.69 Å². The van der Waals surface area contributed by atoms with Crippen LogP contribution in [0.25, 0.3) is 33.1 Å². The molecule has 3 N–H and O–H groups in total. The molecule has 0 spiro atoms. The smallest absolute Gasteiger partial charge is 0.397 e. The van der Waals surface area contributed by atoms with E-state index in [1.807, 2.05) is 36.4 Å². The molecule has 29 heavy (non-hydrogen) atoms. The fourth-order valence-electron chi connectivity index (χ4n) is 3.27. The highest BCUT2D eigenvalue weighted by Crippen LogP contribution is 2.35. The monoisotopic (exact) mass is 409 g/mol. The minimum Gasteiger partial charge on any atom is -0.459 e. The summed E-state index contributed by atoms with van der Waals surface area (Å²) in [5.74, 6) is -2.08. The summed E-state index contributed by atoms with van der Waals surface area (Å²) in [5.41, 5.74) is 2.50. The number of hydrogen-bond acceptors (Lipinski definition) is 4.